The van der Waals surface area contributed by atoms with Gasteiger partial charge in [0, 0.05) is 19.4 Å². The van der Waals surface area contributed by atoms with Gasteiger partial charge in [-0.05, 0) is 6.92 Å². The summed E-state index contributed by atoms with van der Waals surface area (Å²) in [6.07, 6.45) is -0.189. The number of esters is 1. The van der Waals surface area contributed by atoms with E-state index in [4.69, 9.17) is 10.8 Å². The molecule has 2 atom stereocenters. The Balaban J connectivity index is 3.31. The van der Waals surface area contributed by atoms with Gasteiger partial charge in [-0.3, -0.25) is 4.79 Å². The number of hydrogen-bond donors (Lipinski definition) is 2. The van der Waals surface area contributed by atoms with Gasteiger partial charge in [0.15, 0.2) is 0 Å². The molecule has 4 heteroatoms. The van der Waals surface area contributed by atoms with Crippen LogP contribution in [-0.2, 0) is 9.53 Å². The summed E-state index contributed by atoms with van der Waals surface area (Å²) in [5, 5.41) is 9.12. The molecule has 66 valence electrons. The third-order valence-corrected chi connectivity index (χ3v) is 1.33. The minimum Gasteiger partial charge on any atom is -0.466 e. The largest absolute Gasteiger partial charge is 0.466 e. The zero-order valence-electron chi connectivity index (χ0n) is 6.91. The van der Waals surface area contributed by atoms with E-state index in [1.165, 1.54) is 6.92 Å². The SMILES string of the molecule is CC(=O)OCCC(O)C(C)N. The van der Waals surface area contributed by atoms with Crippen molar-refractivity contribution in [2.24, 2.45) is 5.73 Å². The van der Waals surface area contributed by atoms with Gasteiger partial charge in [0.2, 0.25) is 0 Å². The van der Waals surface area contributed by atoms with Crippen molar-refractivity contribution in [2.45, 2.75) is 32.4 Å². The van der Waals surface area contributed by atoms with Gasteiger partial charge < -0.3 is 15.6 Å². The summed E-state index contributed by atoms with van der Waals surface area (Å²) in [4.78, 5) is 10.3. The number of hydrogen-bond acceptors (Lipinski definition) is 4. The molecule has 0 aliphatic rings. The summed E-state index contributed by atoms with van der Waals surface area (Å²) in [7, 11) is 0. The minimum absolute atomic E-state index is 0.234. The van der Waals surface area contributed by atoms with Crippen molar-refractivity contribution in [2.75, 3.05) is 6.61 Å². The molecule has 0 aliphatic carbocycles. The van der Waals surface area contributed by atoms with Gasteiger partial charge in [-0.1, -0.05) is 0 Å². The van der Waals surface area contributed by atoms with Crippen molar-refractivity contribution in [1.82, 2.24) is 0 Å². The maximum absolute atomic E-state index is 10.3. The van der Waals surface area contributed by atoms with Crippen LogP contribution in [0.4, 0.5) is 0 Å². The number of carbonyl (C=O) groups excluding carboxylic acids is 1. The predicted molar refractivity (Wildman–Crippen MR) is 40.9 cm³/mol. The van der Waals surface area contributed by atoms with Crippen LogP contribution in [-0.4, -0.2) is 29.8 Å². The van der Waals surface area contributed by atoms with Crippen LogP contribution < -0.4 is 5.73 Å². The van der Waals surface area contributed by atoms with Crippen LogP contribution in [0.25, 0.3) is 0 Å². The fourth-order valence-electron chi connectivity index (χ4n) is 0.586. The first-order valence-electron chi connectivity index (χ1n) is 3.61. The highest BCUT2D eigenvalue weighted by molar-refractivity contribution is 5.65. The summed E-state index contributed by atoms with van der Waals surface area (Å²) in [5.74, 6) is -0.332. The van der Waals surface area contributed by atoms with Crippen molar-refractivity contribution in [3.63, 3.8) is 0 Å². The minimum atomic E-state index is -0.589. The Labute approximate surface area is 66.3 Å². The first-order chi connectivity index (χ1) is 5.04. The highest BCUT2D eigenvalue weighted by Gasteiger charge is 2.09. The number of aliphatic hydroxyl groups excluding tert-OH is 1. The van der Waals surface area contributed by atoms with E-state index in [9.17, 15) is 4.79 Å². The second-order valence-electron chi connectivity index (χ2n) is 2.56. The maximum Gasteiger partial charge on any atom is 0.302 e. The van der Waals surface area contributed by atoms with Crippen molar-refractivity contribution in [3.8, 4) is 0 Å². The Morgan fingerprint density at radius 3 is 2.64 bits per heavy atom. The highest BCUT2D eigenvalue weighted by Crippen LogP contribution is 1.96. The van der Waals surface area contributed by atoms with E-state index < -0.39 is 6.10 Å². The Morgan fingerprint density at radius 1 is 1.73 bits per heavy atom. The van der Waals surface area contributed by atoms with Crippen LogP contribution >= 0.6 is 0 Å². The third kappa shape index (κ3) is 5.82. The highest BCUT2D eigenvalue weighted by atomic mass is 16.5. The summed E-state index contributed by atoms with van der Waals surface area (Å²) in [6.45, 7) is 3.27. The fourth-order valence-corrected chi connectivity index (χ4v) is 0.586. The molecule has 0 saturated heterocycles. The lowest BCUT2D eigenvalue weighted by Crippen LogP contribution is -2.32. The van der Waals surface area contributed by atoms with E-state index >= 15 is 0 Å². The van der Waals surface area contributed by atoms with E-state index in [1.807, 2.05) is 0 Å². The third-order valence-electron chi connectivity index (χ3n) is 1.33. The van der Waals surface area contributed by atoms with Crippen LogP contribution in [0.2, 0.25) is 0 Å². The quantitative estimate of drug-likeness (QED) is 0.553. The van der Waals surface area contributed by atoms with Crippen molar-refractivity contribution >= 4 is 5.97 Å². The van der Waals surface area contributed by atoms with E-state index in [0.29, 0.717) is 6.42 Å². The molecule has 11 heavy (non-hydrogen) atoms. The molecular formula is C7H15NO3. The second-order valence-corrected chi connectivity index (χ2v) is 2.56. The molecule has 0 aromatic carbocycles. The van der Waals surface area contributed by atoms with Gasteiger partial charge in [0.25, 0.3) is 0 Å². The predicted octanol–water partition coefficient (Wildman–Crippen LogP) is -0.352. The summed E-state index contributed by atoms with van der Waals surface area (Å²) >= 11 is 0. The molecule has 0 aromatic rings. The number of carbonyl (C=O) groups is 1. The molecule has 0 fully saturated rings. The molecule has 0 spiro atoms. The van der Waals surface area contributed by atoms with E-state index in [1.54, 1.807) is 6.92 Å². The zero-order valence-corrected chi connectivity index (χ0v) is 6.91. The number of rotatable bonds is 4. The molecule has 0 amide bonds. The van der Waals surface area contributed by atoms with Crippen molar-refractivity contribution < 1.29 is 14.6 Å². The topological polar surface area (TPSA) is 72.5 Å². The van der Waals surface area contributed by atoms with Gasteiger partial charge in [0.05, 0.1) is 12.7 Å². The normalized spacial score (nSPS) is 15.6. The molecule has 0 heterocycles. The fraction of sp³-hybridized carbons (Fsp3) is 0.857. The Hall–Kier alpha value is -0.610. The molecular weight excluding hydrogens is 146 g/mol. The Bertz CT molecular complexity index is 125. The lowest BCUT2D eigenvalue weighted by Gasteiger charge is -2.13. The standard InChI is InChI=1S/C7H15NO3/c1-5(8)7(10)3-4-11-6(2)9/h5,7,10H,3-4,8H2,1-2H3. The second kappa shape index (κ2) is 5.09. The molecule has 0 rings (SSSR count). The molecule has 0 aromatic heterocycles. The van der Waals surface area contributed by atoms with Crippen LogP contribution in [0.15, 0.2) is 0 Å². The van der Waals surface area contributed by atoms with Crippen LogP contribution in [0.3, 0.4) is 0 Å². The molecule has 0 saturated carbocycles. The molecule has 0 bridgehead atoms. The zero-order chi connectivity index (χ0) is 8.85. The van der Waals surface area contributed by atoms with Crippen LogP contribution in [0.1, 0.15) is 20.3 Å². The monoisotopic (exact) mass is 161 g/mol. The lowest BCUT2D eigenvalue weighted by atomic mass is 10.1. The Morgan fingerprint density at radius 2 is 2.27 bits per heavy atom. The Kier molecular flexibility index (Phi) is 4.81. The van der Waals surface area contributed by atoms with E-state index in [-0.39, 0.29) is 18.6 Å². The van der Waals surface area contributed by atoms with Gasteiger partial charge in [-0.15, -0.1) is 0 Å². The molecule has 0 aliphatic heterocycles. The summed E-state index contributed by atoms with van der Waals surface area (Å²) in [6, 6.07) is -0.273. The van der Waals surface area contributed by atoms with Crippen molar-refractivity contribution in [3.05, 3.63) is 0 Å². The molecule has 2 unspecified atom stereocenters. The average molecular weight is 161 g/mol. The molecule has 0 radical (unpaired) electrons. The van der Waals surface area contributed by atoms with Gasteiger partial charge in [0.1, 0.15) is 0 Å². The summed E-state index contributed by atoms with van der Waals surface area (Å²) in [5.41, 5.74) is 5.36. The number of ether oxygens (including phenoxy) is 1. The molecule has 3 N–H and O–H groups in total. The molecule has 4 nitrogen and oxygen atoms in total. The van der Waals surface area contributed by atoms with Gasteiger partial charge >= 0.3 is 5.97 Å². The van der Waals surface area contributed by atoms with Crippen LogP contribution in [0.5, 0.6) is 0 Å². The van der Waals surface area contributed by atoms with E-state index in [0.717, 1.165) is 0 Å². The van der Waals surface area contributed by atoms with Gasteiger partial charge in [-0.2, -0.15) is 0 Å². The van der Waals surface area contributed by atoms with Gasteiger partial charge in [-0.25, -0.2) is 0 Å². The summed E-state index contributed by atoms with van der Waals surface area (Å²) < 4.78 is 4.61. The van der Waals surface area contributed by atoms with E-state index in [2.05, 4.69) is 4.74 Å². The number of nitrogens with two attached hydrogens (primary N) is 1. The number of aliphatic hydroxyl groups is 1. The lowest BCUT2D eigenvalue weighted by molar-refractivity contribution is -0.141. The maximum atomic E-state index is 10.3. The smallest absolute Gasteiger partial charge is 0.302 e. The van der Waals surface area contributed by atoms with Crippen molar-refractivity contribution in [1.29, 1.82) is 0 Å². The average Bonchev–Trinajstić information content (AvgIpc) is 1.86. The van der Waals surface area contributed by atoms with Crippen LogP contribution in [0, 0.1) is 0 Å². The first kappa shape index (κ1) is 10.4. The first-order valence-corrected chi connectivity index (χ1v) is 3.61.